The number of benzene rings is 1. The molecule has 3 rings (SSSR count). The van der Waals surface area contributed by atoms with Crippen molar-refractivity contribution in [3.8, 4) is 0 Å². The maximum atomic E-state index is 9.79. The third kappa shape index (κ3) is 4.79. The van der Waals surface area contributed by atoms with Gasteiger partial charge in [0.2, 0.25) is 0 Å². The molecule has 0 amide bonds. The molecule has 6 nitrogen and oxygen atoms in total. The highest BCUT2D eigenvalue weighted by atomic mass is 16.3. The molecule has 0 spiro atoms. The Hall–Kier alpha value is -1.92. The van der Waals surface area contributed by atoms with Crippen LogP contribution in [0, 0.1) is 0 Å². The molecule has 1 aliphatic heterocycles. The second kappa shape index (κ2) is 7.32. The maximum Gasteiger partial charge on any atom is 0.0967 e. The first-order valence-corrected chi connectivity index (χ1v) is 8.63. The van der Waals surface area contributed by atoms with Gasteiger partial charge < -0.3 is 10.0 Å². The van der Waals surface area contributed by atoms with Crippen LogP contribution in [0.4, 0.5) is 5.69 Å². The van der Waals surface area contributed by atoms with Crippen LogP contribution in [0.1, 0.15) is 26.0 Å². The quantitative estimate of drug-likeness (QED) is 0.875. The topological polar surface area (TPSA) is 57.4 Å². The van der Waals surface area contributed by atoms with E-state index >= 15 is 0 Å². The fourth-order valence-electron chi connectivity index (χ4n) is 2.94. The van der Waals surface area contributed by atoms with Crippen LogP contribution in [-0.4, -0.2) is 56.8 Å². The van der Waals surface area contributed by atoms with Gasteiger partial charge in [-0.1, -0.05) is 23.4 Å². The molecule has 1 aromatic heterocycles. The van der Waals surface area contributed by atoms with Crippen molar-refractivity contribution < 1.29 is 5.11 Å². The van der Waals surface area contributed by atoms with Crippen LogP contribution in [0.2, 0.25) is 0 Å². The standard InChI is InChI=1S/C18H27N5O/c1-18(2,24)8-9-23-15-16(19-20-23)14-21-10-12-22(13-11-21)17-6-4-3-5-7-17/h3-7,15,24H,8-14H2,1-2H3. The van der Waals surface area contributed by atoms with E-state index in [-0.39, 0.29) is 0 Å². The normalized spacial score (nSPS) is 16.5. The number of rotatable bonds is 6. The van der Waals surface area contributed by atoms with Gasteiger partial charge in [0, 0.05) is 51.2 Å². The highest BCUT2D eigenvalue weighted by Gasteiger charge is 2.18. The SMILES string of the molecule is CC(C)(O)CCn1cc(CN2CCN(c3ccccc3)CC2)nn1. The fraction of sp³-hybridized carbons (Fsp3) is 0.556. The maximum absolute atomic E-state index is 9.79. The van der Waals surface area contributed by atoms with Crippen molar-refractivity contribution in [1.29, 1.82) is 0 Å². The van der Waals surface area contributed by atoms with E-state index in [2.05, 4.69) is 50.4 Å². The molecule has 130 valence electrons. The highest BCUT2D eigenvalue weighted by Crippen LogP contribution is 2.16. The van der Waals surface area contributed by atoms with E-state index in [1.54, 1.807) is 0 Å². The lowest BCUT2D eigenvalue weighted by Crippen LogP contribution is -2.46. The van der Waals surface area contributed by atoms with Crippen LogP contribution in [0.25, 0.3) is 0 Å². The molecule has 0 aliphatic carbocycles. The zero-order valence-corrected chi connectivity index (χ0v) is 14.6. The Balaban J connectivity index is 1.47. The number of aryl methyl sites for hydroxylation is 1. The molecule has 2 aromatic rings. The zero-order chi connectivity index (χ0) is 17.0. The molecule has 1 aromatic carbocycles. The molecule has 1 N–H and O–H groups in total. The van der Waals surface area contributed by atoms with Crippen LogP contribution in [0.15, 0.2) is 36.5 Å². The summed E-state index contributed by atoms with van der Waals surface area (Å²) in [6.07, 6.45) is 2.67. The monoisotopic (exact) mass is 329 g/mol. The molecular weight excluding hydrogens is 302 g/mol. The summed E-state index contributed by atoms with van der Waals surface area (Å²) in [6.45, 7) is 9.31. The molecular formula is C18H27N5O. The van der Waals surface area contributed by atoms with E-state index in [9.17, 15) is 5.11 Å². The number of anilines is 1. The lowest BCUT2D eigenvalue weighted by atomic mass is 10.1. The van der Waals surface area contributed by atoms with Crippen LogP contribution in [0.5, 0.6) is 0 Å². The van der Waals surface area contributed by atoms with Crippen LogP contribution in [0.3, 0.4) is 0 Å². The Morgan fingerprint density at radius 1 is 1.08 bits per heavy atom. The van der Waals surface area contributed by atoms with E-state index in [0.29, 0.717) is 13.0 Å². The highest BCUT2D eigenvalue weighted by molar-refractivity contribution is 5.46. The Bertz CT molecular complexity index is 626. The van der Waals surface area contributed by atoms with Gasteiger partial charge in [0.15, 0.2) is 0 Å². The van der Waals surface area contributed by atoms with E-state index in [1.807, 2.05) is 24.7 Å². The van der Waals surface area contributed by atoms with Crippen molar-refractivity contribution >= 4 is 5.69 Å². The van der Waals surface area contributed by atoms with Crippen molar-refractivity contribution in [2.24, 2.45) is 0 Å². The van der Waals surface area contributed by atoms with Gasteiger partial charge in [-0.3, -0.25) is 9.58 Å². The van der Waals surface area contributed by atoms with Crippen molar-refractivity contribution in [2.75, 3.05) is 31.1 Å². The van der Waals surface area contributed by atoms with E-state index in [0.717, 1.165) is 38.4 Å². The Morgan fingerprint density at radius 3 is 2.46 bits per heavy atom. The first-order valence-electron chi connectivity index (χ1n) is 8.63. The van der Waals surface area contributed by atoms with Gasteiger partial charge in [-0.25, -0.2) is 0 Å². The van der Waals surface area contributed by atoms with Crippen molar-refractivity contribution in [1.82, 2.24) is 19.9 Å². The zero-order valence-electron chi connectivity index (χ0n) is 14.6. The molecule has 2 heterocycles. The van der Waals surface area contributed by atoms with Gasteiger partial charge in [-0.2, -0.15) is 0 Å². The molecule has 24 heavy (non-hydrogen) atoms. The molecule has 1 saturated heterocycles. The van der Waals surface area contributed by atoms with Gasteiger partial charge in [0.25, 0.3) is 0 Å². The minimum absolute atomic E-state index is 0.667. The van der Waals surface area contributed by atoms with Gasteiger partial charge in [0.05, 0.1) is 11.3 Å². The second-order valence-electron chi connectivity index (χ2n) is 7.13. The molecule has 1 aliphatic rings. The van der Waals surface area contributed by atoms with Crippen LogP contribution >= 0.6 is 0 Å². The third-order valence-corrected chi connectivity index (χ3v) is 4.42. The number of hydrogen-bond acceptors (Lipinski definition) is 5. The summed E-state index contributed by atoms with van der Waals surface area (Å²) in [5, 5.41) is 18.2. The molecule has 0 radical (unpaired) electrons. The van der Waals surface area contributed by atoms with Gasteiger partial charge in [-0.15, -0.1) is 5.10 Å². The number of nitrogens with zero attached hydrogens (tertiary/aromatic N) is 5. The van der Waals surface area contributed by atoms with Crippen LogP contribution in [-0.2, 0) is 13.1 Å². The molecule has 0 bridgehead atoms. The first kappa shape index (κ1) is 16.9. The predicted molar refractivity (Wildman–Crippen MR) is 94.9 cm³/mol. The van der Waals surface area contributed by atoms with Crippen LogP contribution < -0.4 is 4.90 Å². The average Bonchev–Trinajstić information content (AvgIpc) is 3.01. The largest absolute Gasteiger partial charge is 0.390 e. The summed E-state index contributed by atoms with van der Waals surface area (Å²) in [5.74, 6) is 0. The minimum Gasteiger partial charge on any atom is -0.390 e. The Kier molecular flexibility index (Phi) is 5.16. The van der Waals surface area contributed by atoms with Crippen molar-refractivity contribution in [2.45, 2.75) is 39.0 Å². The lowest BCUT2D eigenvalue weighted by Gasteiger charge is -2.35. The summed E-state index contributed by atoms with van der Waals surface area (Å²) >= 11 is 0. The third-order valence-electron chi connectivity index (χ3n) is 4.42. The Morgan fingerprint density at radius 2 is 1.79 bits per heavy atom. The number of hydrogen-bond donors (Lipinski definition) is 1. The first-order chi connectivity index (χ1) is 11.5. The second-order valence-corrected chi connectivity index (χ2v) is 7.13. The van der Waals surface area contributed by atoms with E-state index in [1.165, 1.54) is 5.69 Å². The molecule has 0 saturated carbocycles. The summed E-state index contributed by atoms with van der Waals surface area (Å²) in [6, 6.07) is 10.6. The summed E-state index contributed by atoms with van der Waals surface area (Å²) < 4.78 is 1.83. The predicted octanol–water partition coefficient (Wildman–Crippen LogP) is 1.76. The Labute approximate surface area is 143 Å². The summed E-state index contributed by atoms with van der Waals surface area (Å²) in [5.41, 5.74) is 1.63. The fourth-order valence-corrected chi connectivity index (χ4v) is 2.94. The number of aliphatic hydroxyl groups is 1. The number of piperazine rings is 1. The minimum atomic E-state index is -0.667. The van der Waals surface area contributed by atoms with Gasteiger partial charge in [-0.05, 0) is 32.4 Å². The molecule has 0 unspecified atom stereocenters. The van der Waals surface area contributed by atoms with Gasteiger partial charge >= 0.3 is 0 Å². The number of aromatic nitrogens is 3. The average molecular weight is 329 g/mol. The summed E-state index contributed by atoms with van der Waals surface area (Å²) in [7, 11) is 0. The van der Waals surface area contributed by atoms with E-state index in [4.69, 9.17) is 0 Å². The van der Waals surface area contributed by atoms with Crippen molar-refractivity contribution in [3.05, 3.63) is 42.2 Å². The molecule has 0 atom stereocenters. The van der Waals surface area contributed by atoms with E-state index < -0.39 is 5.60 Å². The van der Waals surface area contributed by atoms with Gasteiger partial charge in [0.1, 0.15) is 0 Å². The number of para-hydroxylation sites is 1. The molecule has 6 heteroatoms. The smallest absolute Gasteiger partial charge is 0.0967 e. The molecule has 1 fully saturated rings. The van der Waals surface area contributed by atoms with Crippen molar-refractivity contribution in [3.63, 3.8) is 0 Å². The lowest BCUT2D eigenvalue weighted by molar-refractivity contribution is 0.0649. The summed E-state index contributed by atoms with van der Waals surface area (Å²) in [4.78, 5) is 4.85.